The standard InChI is InChI=1S/C21H22N4O2/c1-21(2,3)22-20(26)19-15-11-7-8-12-16(15)25-17(13-27-19)18(23-24-25)14-9-5-4-6-10-14/h4-12,19H,13H2,1-3H3,(H,22,26). The van der Waals surface area contributed by atoms with Crippen molar-refractivity contribution in [2.75, 3.05) is 0 Å². The van der Waals surface area contributed by atoms with Crippen molar-refractivity contribution >= 4 is 5.91 Å². The number of hydrogen-bond donors (Lipinski definition) is 1. The van der Waals surface area contributed by atoms with Crippen molar-refractivity contribution in [3.8, 4) is 16.9 Å². The van der Waals surface area contributed by atoms with Crippen molar-refractivity contribution < 1.29 is 9.53 Å². The number of benzene rings is 2. The summed E-state index contributed by atoms with van der Waals surface area (Å²) in [5, 5.41) is 11.7. The van der Waals surface area contributed by atoms with Crippen LogP contribution in [0.2, 0.25) is 0 Å². The zero-order valence-corrected chi connectivity index (χ0v) is 15.6. The van der Waals surface area contributed by atoms with Gasteiger partial charge >= 0.3 is 0 Å². The van der Waals surface area contributed by atoms with Gasteiger partial charge in [0, 0.05) is 16.7 Å². The quantitative estimate of drug-likeness (QED) is 0.758. The summed E-state index contributed by atoms with van der Waals surface area (Å²) in [6.45, 7) is 6.11. The van der Waals surface area contributed by atoms with Crippen LogP contribution in [0.3, 0.4) is 0 Å². The molecule has 1 unspecified atom stereocenters. The minimum Gasteiger partial charge on any atom is -0.357 e. The maximum absolute atomic E-state index is 12.9. The van der Waals surface area contributed by atoms with E-state index in [-0.39, 0.29) is 18.1 Å². The number of nitrogens with one attached hydrogen (secondary N) is 1. The van der Waals surface area contributed by atoms with Gasteiger partial charge in [-0.2, -0.15) is 0 Å². The molecular formula is C21H22N4O2. The molecular weight excluding hydrogens is 340 g/mol. The van der Waals surface area contributed by atoms with Crippen LogP contribution in [0.15, 0.2) is 54.6 Å². The number of hydrogen-bond acceptors (Lipinski definition) is 4. The van der Waals surface area contributed by atoms with Crippen molar-refractivity contribution in [2.24, 2.45) is 0 Å². The monoisotopic (exact) mass is 362 g/mol. The Hall–Kier alpha value is -2.99. The molecule has 2 aromatic carbocycles. The molecule has 1 N–H and O–H groups in total. The molecule has 6 heteroatoms. The van der Waals surface area contributed by atoms with Crippen LogP contribution in [0.5, 0.6) is 0 Å². The molecule has 2 heterocycles. The van der Waals surface area contributed by atoms with Gasteiger partial charge in [0.1, 0.15) is 5.69 Å². The van der Waals surface area contributed by atoms with Crippen molar-refractivity contribution in [3.05, 3.63) is 65.9 Å². The molecule has 1 aliphatic rings. The Kier molecular flexibility index (Phi) is 4.28. The third kappa shape index (κ3) is 3.36. The first kappa shape index (κ1) is 17.4. The first-order chi connectivity index (χ1) is 12.9. The van der Waals surface area contributed by atoms with Crippen LogP contribution in [-0.4, -0.2) is 26.4 Å². The predicted octanol–water partition coefficient (Wildman–Crippen LogP) is 3.42. The summed E-state index contributed by atoms with van der Waals surface area (Å²) >= 11 is 0. The molecule has 138 valence electrons. The molecule has 6 nitrogen and oxygen atoms in total. The van der Waals surface area contributed by atoms with E-state index in [2.05, 4.69) is 15.6 Å². The second-order valence-corrected chi connectivity index (χ2v) is 7.65. The molecule has 1 amide bonds. The second-order valence-electron chi connectivity index (χ2n) is 7.65. The molecule has 0 saturated carbocycles. The first-order valence-electron chi connectivity index (χ1n) is 8.97. The van der Waals surface area contributed by atoms with Crippen molar-refractivity contribution in [1.82, 2.24) is 20.3 Å². The van der Waals surface area contributed by atoms with Crippen LogP contribution >= 0.6 is 0 Å². The van der Waals surface area contributed by atoms with E-state index < -0.39 is 6.10 Å². The average molecular weight is 362 g/mol. The highest BCUT2D eigenvalue weighted by atomic mass is 16.5. The Labute approximate surface area is 158 Å². The van der Waals surface area contributed by atoms with Crippen LogP contribution in [-0.2, 0) is 16.1 Å². The SMILES string of the molecule is CC(C)(C)NC(=O)C1OCc2c(-c3ccccc3)nnn2-c2ccccc21. The number of para-hydroxylation sites is 1. The number of carbonyl (C=O) groups is 1. The van der Waals surface area contributed by atoms with Crippen molar-refractivity contribution in [2.45, 2.75) is 39.0 Å². The summed E-state index contributed by atoms with van der Waals surface area (Å²) in [7, 11) is 0. The van der Waals surface area contributed by atoms with Gasteiger partial charge in [0.05, 0.1) is 18.0 Å². The summed E-state index contributed by atoms with van der Waals surface area (Å²) < 4.78 is 7.85. The Bertz CT molecular complexity index is 973. The Morgan fingerprint density at radius 2 is 1.81 bits per heavy atom. The van der Waals surface area contributed by atoms with Gasteiger partial charge in [0.2, 0.25) is 0 Å². The van der Waals surface area contributed by atoms with Crippen LogP contribution in [0, 0.1) is 0 Å². The maximum atomic E-state index is 12.9. The van der Waals surface area contributed by atoms with Crippen LogP contribution in [0.1, 0.15) is 38.1 Å². The molecule has 27 heavy (non-hydrogen) atoms. The minimum absolute atomic E-state index is 0.157. The molecule has 3 aromatic rings. The molecule has 4 rings (SSSR count). The van der Waals surface area contributed by atoms with Crippen molar-refractivity contribution in [3.63, 3.8) is 0 Å². The van der Waals surface area contributed by atoms with E-state index in [1.165, 1.54) is 0 Å². The second kappa shape index (κ2) is 6.63. The van der Waals surface area contributed by atoms with E-state index in [0.717, 1.165) is 28.2 Å². The number of rotatable bonds is 2. The zero-order chi connectivity index (χ0) is 19.0. The summed E-state index contributed by atoms with van der Waals surface area (Å²) in [5.74, 6) is -0.157. The highest BCUT2D eigenvalue weighted by molar-refractivity contribution is 5.84. The topological polar surface area (TPSA) is 69.0 Å². The lowest BCUT2D eigenvalue weighted by Crippen LogP contribution is -2.43. The molecule has 0 radical (unpaired) electrons. The van der Waals surface area contributed by atoms with E-state index in [1.54, 1.807) is 4.68 Å². The largest absolute Gasteiger partial charge is 0.357 e. The molecule has 0 fully saturated rings. The first-order valence-corrected chi connectivity index (χ1v) is 8.97. The minimum atomic E-state index is -0.703. The molecule has 1 aliphatic heterocycles. The van der Waals surface area contributed by atoms with Gasteiger partial charge in [0.25, 0.3) is 5.91 Å². The van der Waals surface area contributed by atoms with Gasteiger partial charge in [0.15, 0.2) is 6.10 Å². The summed E-state index contributed by atoms with van der Waals surface area (Å²) in [6, 6.07) is 17.5. The highest BCUT2D eigenvalue weighted by Crippen LogP contribution is 2.33. The van der Waals surface area contributed by atoms with Gasteiger partial charge in [-0.15, -0.1) is 5.10 Å². The Morgan fingerprint density at radius 3 is 2.56 bits per heavy atom. The lowest BCUT2D eigenvalue weighted by atomic mass is 10.0. The van der Waals surface area contributed by atoms with Gasteiger partial charge < -0.3 is 10.1 Å². The van der Waals surface area contributed by atoms with E-state index in [4.69, 9.17) is 4.74 Å². The summed E-state index contributed by atoms with van der Waals surface area (Å²) in [4.78, 5) is 12.9. The summed E-state index contributed by atoms with van der Waals surface area (Å²) in [5.41, 5.74) is 3.82. The molecule has 0 bridgehead atoms. The number of ether oxygens (including phenoxy) is 1. The van der Waals surface area contributed by atoms with Gasteiger partial charge in [-0.25, -0.2) is 4.68 Å². The fourth-order valence-electron chi connectivity index (χ4n) is 3.25. The zero-order valence-electron chi connectivity index (χ0n) is 15.6. The van der Waals surface area contributed by atoms with E-state index >= 15 is 0 Å². The third-order valence-corrected chi connectivity index (χ3v) is 4.38. The van der Waals surface area contributed by atoms with Crippen LogP contribution in [0.4, 0.5) is 0 Å². The average Bonchev–Trinajstić information content (AvgIpc) is 2.98. The number of aromatic nitrogens is 3. The number of carbonyl (C=O) groups excluding carboxylic acids is 1. The van der Waals surface area contributed by atoms with Crippen molar-refractivity contribution in [1.29, 1.82) is 0 Å². The Morgan fingerprint density at radius 1 is 1.11 bits per heavy atom. The molecule has 1 atom stereocenters. The number of nitrogens with zero attached hydrogens (tertiary/aromatic N) is 3. The van der Waals surface area contributed by atoms with Gasteiger partial charge in [-0.1, -0.05) is 53.7 Å². The number of amides is 1. The molecule has 0 aliphatic carbocycles. The predicted molar refractivity (Wildman–Crippen MR) is 102 cm³/mol. The van der Waals surface area contributed by atoms with Gasteiger partial charge in [-0.05, 0) is 26.8 Å². The lowest BCUT2D eigenvalue weighted by molar-refractivity contribution is -0.135. The molecule has 0 saturated heterocycles. The fourth-order valence-corrected chi connectivity index (χ4v) is 3.25. The summed E-state index contributed by atoms with van der Waals surface area (Å²) in [6.07, 6.45) is -0.703. The Balaban J connectivity index is 1.79. The fraction of sp³-hybridized carbons (Fsp3) is 0.286. The smallest absolute Gasteiger partial charge is 0.254 e. The van der Waals surface area contributed by atoms with Crippen LogP contribution in [0.25, 0.3) is 16.9 Å². The van der Waals surface area contributed by atoms with E-state index in [0.29, 0.717) is 0 Å². The maximum Gasteiger partial charge on any atom is 0.254 e. The van der Waals surface area contributed by atoms with E-state index in [9.17, 15) is 4.79 Å². The molecule has 1 aromatic heterocycles. The van der Waals surface area contributed by atoms with E-state index in [1.807, 2.05) is 75.4 Å². The highest BCUT2D eigenvalue weighted by Gasteiger charge is 2.32. The van der Waals surface area contributed by atoms with Gasteiger partial charge in [-0.3, -0.25) is 4.79 Å². The molecule has 0 spiro atoms. The van der Waals surface area contributed by atoms with Crippen LogP contribution < -0.4 is 5.32 Å². The third-order valence-electron chi connectivity index (χ3n) is 4.38. The normalized spacial score (nSPS) is 16.2. The number of fused-ring (bicyclic) bond motifs is 3. The lowest BCUT2D eigenvalue weighted by Gasteiger charge is -2.25.